The van der Waals surface area contributed by atoms with E-state index in [4.69, 9.17) is 9.84 Å². The summed E-state index contributed by atoms with van der Waals surface area (Å²) in [5.41, 5.74) is 1.73. The molecule has 1 aromatic heterocycles. The predicted molar refractivity (Wildman–Crippen MR) is 91.1 cm³/mol. The molecule has 24 heavy (non-hydrogen) atoms. The van der Waals surface area contributed by atoms with Gasteiger partial charge in [-0.1, -0.05) is 0 Å². The average Bonchev–Trinajstić information content (AvgIpc) is 2.59. The molecular formula is C18H20N2O4. The van der Waals surface area contributed by atoms with Gasteiger partial charge in [0.15, 0.2) is 0 Å². The molecule has 1 aliphatic rings. The molecule has 3 rings (SSSR count). The maximum absolute atomic E-state index is 12.0. The molecule has 0 fully saturated rings. The summed E-state index contributed by atoms with van der Waals surface area (Å²) in [4.78, 5) is 27.7. The van der Waals surface area contributed by atoms with Gasteiger partial charge in [0.1, 0.15) is 17.5 Å². The maximum Gasteiger partial charge on any atom is 0.335 e. The van der Waals surface area contributed by atoms with E-state index in [1.54, 1.807) is 30.5 Å². The van der Waals surface area contributed by atoms with E-state index in [1.807, 2.05) is 17.9 Å². The Hall–Kier alpha value is -2.76. The highest BCUT2D eigenvalue weighted by molar-refractivity contribution is 5.88. The minimum absolute atomic E-state index is 0.0345. The van der Waals surface area contributed by atoms with Crippen LogP contribution in [0, 0.1) is 0 Å². The number of hydrogen-bond donors (Lipinski definition) is 2. The summed E-state index contributed by atoms with van der Waals surface area (Å²) >= 11 is 0. The summed E-state index contributed by atoms with van der Waals surface area (Å²) < 4.78 is 6.01. The Kier molecular flexibility index (Phi) is 4.55. The lowest BCUT2D eigenvalue weighted by molar-refractivity contribution is 0.0696. The number of carboxylic acid groups (broad SMARTS) is 1. The molecule has 6 heteroatoms. The second-order valence-corrected chi connectivity index (χ2v) is 5.83. The molecule has 1 unspecified atom stereocenters. The first-order chi connectivity index (χ1) is 11.6. The Balaban J connectivity index is 1.74. The second kappa shape index (κ2) is 6.78. The molecule has 0 amide bonds. The van der Waals surface area contributed by atoms with Crippen molar-refractivity contribution < 1.29 is 14.6 Å². The normalized spacial score (nSPS) is 16.1. The molecule has 1 aromatic carbocycles. The predicted octanol–water partition coefficient (Wildman–Crippen LogP) is 2.29. The van der Waals surface area contributed by atoms with Crippen molar-refractivity contribution >= 4 is 11.7 Å². The number of benzene rings is 1. The Bertz CT molecular complexity index is 800. The highest BCUT2D eigenvalue weighted by Crippen LogP contribution is 2.29. The number of pyridine rings is 1. The minimum Gasteiger partial charge on any atom is -0.488 e. The highest BCUT2D eigenvalue weighted by Gasteiger charge is 2.23. The standard InChI is InChI=1S/C18H20N2O4/c1-2-20(15-4-3-9-19-17(15)21)11-14-7-5-12-10-13(18(22)23)6-8-16(12)24-14/h3-4,6,8-10,14H,2,5,7,11H2,1H3,(H,19,21)(H,22,23). The lowest BCUT2D eigenvalue weighted by Crippen LogP contribution is -2.39. The molecule has 6 nitrogen and oxygen atoms in total. The van der Waals surface area contributed by atoms with Gasteiger partial charge in [0.2, 0.25) is 0 Å². The van der Waals surface area contributed by atoms with Crippen LogP contribution in [-0.4, -0.2) is 35.3 Å². The minimum atomic E-state index is -0.930. The first-order valence-electron chi connectivity index (χ1n) is 8.04. The fraction of sp³-hybridized carbons (Fsp3) is 0.333. The van der Waals surface area contributed by atoms with Crippen molar-refractivity contribution in [2.24, 2.45) is 0 Å². The summed E-state index contributed by atoms with van der Waals surface area (Å²) in [6.07, 6.45) is 3.14. The number of H-pyrrole nitrogens is 1. The van der Waals surface area contributed by atoms with Crippen LogP contribution in [0.2, 0.25) is 0 Å². The zero-order valence-corrected chi connectivity index (χ0v) is 13.5. The number of hydrogen-bond acceptors (Lipinski definition) is 4. The number of rotatable bonds is 5. The maximum atomic E-state index is 12.0. The molecule has 0 spiro atoms. The highest BCUT2D eigenvalue weighted by atomic mass is 16.5. The van der Waals surface area contributed by atoms with Crippen molar-refractivity contribution in [2.45, 2.75) is 25.9 Å². The quantitative estimate of drug-likeness (QED) is 0.880. The van der Waals surface area contributed by atoms with Crippen molar-refractivity contribution in [1.29, 1.82) is 0 Å². The van der Waals surface area contributed by atoms with Crippen molar-refractivity contribution in [3.8, 4) is 5.75 Å². The number of aromatic nitrogens is 1. The van der Waals surface area contributed by atoms with Crippen LogP contribution in [0.25, 0.3) is 0 Å². The van der Waals surface area contributed by atoms with Crippen molar-refractivity contribution in [3.63, 3.8) is 0 Å². The number of aromatic amines is 1. The lowest BCUT2D eigenvalue weighted by Gasteiger charge is -2.31. The van der Waals surface area contributed by atoms with Crippen LogP contribution in [0.5, 0.6) is 5.75 Å². The van der Waals surface area contributed by atoms with Gasteiger partial charge in [-0.05, 0) is 55.7 Å². The molecule has 0 saturated carbocycles. The fourth-order valence-corrected chi connectivity index (χ4v) is 3.01. The molecule has 2 aromatic rings. The third-order valence-electron chi connectivity index (χ3n) is 4.28. The molecular weight excluding hydrogens is 308 g/mol. The average molecular weight is 328 g/mol. The molecule has 1 aliphatic heterocycles. The van der Waals surface area contributed by atoms with Crippen LogP contribution in [0.1, 0.15) is 29.3 Å². The summed E-state index contributed by atoms with van der Waals surface area (Å²) in [5, 5.41) is 9.06. The largest absolute Gasteiger partial charge is 0.488 e. The Morgan fingerprint density at radius 3 is 2.96 bits per heavy atom. The van der Waals surface area contributed by atoms with E-state index in [-0.39, 0.29) is 17.2 Å². The zero-order chi connectivity index (χ0) is 17.1. The van der Waals surface area contributed by atoms with Crippen molar-refractivity contribution in [1.82, 2.24) is 4.98 Å². The van der Waals surface area contributed by atoms with Crippen molar-refractivity contribution in [2.75, 3.05) is 18.0 Å². The zero-order valence-electron chi connectivity index (χ0n) is 13.5. The molecule has 2 N–H and O–H groups in total. The van der Waals surface area contributed by atoms with E-state index in [0.717, 1.165) is 24.2 Å². The van der Waals surface area contributed by atoms with Crippen LogP contribution in [0.4, 0.5) is 5.69 Å². The molecule has 0 radical (unpaired) electrons. The van der Waals surface area contributed by atoms with E-state index >= 15 is 0 Å². The van der Waals surface area contributed by atoms with Gasteiger partial charge in [-0.15, -0.1) is 0 Å². The van der Waals surface area contributed by atoms with E-state index in [9.17, 15) is 9.59 Å². The van der Waals surface area contributed by atoms with Gasteiger partial charge in [-0.2, -0.15) is 0 Å². The van der Waals surface area contributed by atoms with Gasteiger partial charge in [-0.3, -0.25) is 4.79 Å². The summed E-state index contributed by atoms with van der Waals surface area (Å²) in [5.74, 6) is -0.199. The third kappa shape index (κ3) is 3.27. The lowest BCUT2D eigenvalue weighted by atomic mass is 9.99. The van der Waals surface area contributed by atoms with E-state index in [1.165, 1.54) is 0 Å². The summed E-state index contributed by atoms with van der Waals surface area (Å²) in [6, 6.07) is 8.56. The molecule has 0 bridgehead atoms. The Labute approximate surface area is 139 Å². The molecule has 126 valence electrons. The number of anilines is 1. The van der Waals surface area contributed by atoms with E-state index < -0.39 is 5.97 Å². The van der Waals surface area contributed by atoms with Crippen LogP contribution < -0.4 is 15.2 Å². The molecule has 2 heterocycles. The topological polar surface area (TPSA) is 82.6 Å². The number of carbonyl (C=O) groups is 1. The fourth-order valence-electron chi connectivity index (χ4n) is 3.01. The smallest absolute Gasteiger partial charge is 0.335 e. The van der Waals surface area contributed by atoms with Crippen molar-refractivity contribution in [3.05, 3.63) is 58.0 Å². The Morgan fingerprint density at radius 1 is 1.42 bits per heavy atom. The Morgan fingerprint density at radius 2 is 2.25 bits per heavy atom. The monoisotopic (exact) mass is 328 g/mol. The molecule has 0 saturated heterocycles. The molecule has 1 atom stereocenters. The van der Waals surface area contributed by atoms with E-state index in [0.29, 0.717) is 18.8 Å². The van der Waals surface area contributed by atoms with E-state index in [2.05, 4.69) is 4.98 Å². The summed E-state index contributed by atoms with van der Waals surface area (Å²) in [6.45, 7) is 3.32. The number of aromatic carboxylic acids is 1. The first-order valence-corrected chi connectivity index (χ1v) is 8.04. The van der Waals surface area contributed by atoms with Gasteiger partial charge >= 0.3 is 5.97 Å². The van der Waals surface area contributed by atoms with Crippen LogP contribution in [0.15, 0.2) is 41.3 Å². The third-order valence-corrected chi connectivity index (χ3v) is 4.28. The van der Waals surface area contributed by atoms with Gasteiger partial charge in [0, 0.05) is 12.7 Å². The number of nitrogens with one attached hydrogen (secondary N) is 1. The number of ether oxygens (including phenoxy) is 1. The number of aryl methyl sites for hydroxylation is 1. The van der Waals surface area contributed by atoms with Gasteiger partial charge in [-0.25, -0.2) is 4.79 Å². The first kappa shape index (κ1) is 16.1. The van der Waals surface area contributed by atoms with Crippen LogP contribution >= 0.6 is 0 Å². The second-order valence-electron chi connectivity index (χ2n) is 5.83. The number of likely N-dealkylation sites (N-methyl/N-ethyl adjacent to an activating group) is 1. The summed E-state index contributed by atoms with van der Waals surface area (Å²) in [7, 11) is 0. The molecule has 0 aliphatic carbocycles. The van der Waals surface area contributed by atoms with Gasteiger partial charge in [0.25, 0.3) is 5.56 Å². The SMILES string of the molecule is CCN(CC1CCc2cc(C(=O)O)ccc2O1)c1ccc[nH]c1=O. The van der Waals surface area contributed by atoms with Crippen LogP contribution in [0.3, 0.4) is 0 Å². The number of carboxylic acids is 1. The van der Waals surface area contributed by atoms with Gasteiger partial charge in [0.05, 0.1) is 12.1 Å². The number of fused-ring (bicyclic) bond motifs is 1. The van der Waals surface area contributed by atoms with Crippen LogP contribution in [-0.2, 0) is 6.42 Å². The van der Waals surface area contributed by atoms with Gasteiger partial charge < -0.3 is 19.7 Å². The number of nitrogens with zero attached hydrogens (tertiary/aromatic N) is 1.